The number of aromatic nitrogens is 2. The fourth-order valence-electron chi connectivity index (χ4n) is 3.49. The van der Waals surface area contributed by atoms with Crippen molar-refractivity contribution >= 4 is 5.65 Å². The summed E-state index contributed by atoms with van der Waals surface area (Å²) in [4.78, 5) is 19.3. The number of hydrogen-bond donors (Lipinski definition) is 0. The Labute approximate surface area is 125 Å². The van der Waals surface area contributed by atoms with E-state index in [1.807, 2.05) is 25.3 Å². The van der Waals surface area contributed by atoms with Crippen LogP contribution in [-0.4, -0.2) is 27.4 Å². The van der Waals surface area contributed by atoms with Crippen molar-refractivity contribution in [1.82, 2.24) is 14.3 Å². The molecule has 1 aliphatic rings. The average molecular weight is 285 g/mol. The third kappa shape index (κ3) is 3.16. The number of rotatable bonds is 2. The van der Waals surface area contributed by atoms with Crippen LogP contribution in [0.15, 0.2) is 29.2 Å². The van der Waals surface area contributed by atoms with E-state index in [0.29, 0.717) is 0 Å². The Bertz CT molecular complexity index is 697. The van der Waals surface area contributed by atoms with Crippen LogP contribution >= 0.6 is 0 Å². The summed E-state index contributed by atoms with van der Waals surface area (Å²) in [5.74, 6) is 1.44. The van der Waals surface area contributed by atoms with Gasteiger partial charge in [0.05, 0.1) is 5.69 Å². The average Bonchev–Trinajstić information content (AvgIpc) is 2.38. The van der Waals surface area contributed by atoms with E-state index in [4.69, 9.17) is 0 Å². The highest BCUT2D eigenvalue weighted by molar-refractivity contribution is 5.39. The van der Waals surface area contributed by atoms with Gasteiger partial charge in [0.15, 0.2) is 0 Å². The molecule has 1 saturated heterocycles. The van der Waals surface area contributed by atoms with Crippen LogP contribution in [0, 0.1) is 18.8 Å². The Hall–Kier alpha value is -1.68. The Morgan fingerprint density at radius 1 is 1.24 bits per heavy atom. The molecule has 1 aliphatic heterocycles. The first-order valence-electron chi connectivity index (χ1n) is 7.72. The van der Waals surface area contributed by atoms with Gasteiger partial charge in [-0.25, -0.2) is 4.98 Å². The first-order chi connectivity index (χ1) is 10.0. The molecular formula is C17H23N3O. The number of likely N-dealkylation sites (tertiary alicyclic amines) is 1. The molecule has 3 heterocycles. The minimum absolute atomic E-state index is 0.0109. The lowest BCUT2D eigenvalue weighted by atomic mass is 9.92. The van der Waals surface area contributed by atoms with Gasteiger partial charge in [-0.1, -0.05) is 19.9 Å². The van der Waals surface area contributed by atoms with Crippen LogP contribution in [-0.2, 0) is 6.54 Å². The van der Waals surface area contributed by atoms with Gasteiger partial charge >= 0.3 is 0 Å². The second-order valence-corrected chi connectivity index (χ2v) is 6.66. The van der Waals surface area contributed by atoms with Crippen molar-refractivity contribution in [3.05, 3.63) is 46.0 Å². The molecule has 4 nitrogen and oxygen atoms in total. The van der Waals surface area contributed by atoms with Gasteiger partial charge < -0.3 is 0 Å². The van der Waals surface area contributed by atoms with E-state index >= 15 is 0 Å². The van der Waals surface area contributed by atoms with Crippen LogP contribution in [0.5, 0.6) is 0 Å². The Morgan fingerprint density at radius 2 is 1.95 bits per heavy atom. The smallest absolute Gasteiger partial charge is 0.258 e. The van der Waals surface area contributed by atoms with Crippen LogP contribution in [0.1, 0.15) is 31.5 Å². The van der Waals surface area contributed by atoms with Gasteiger partial charge in [0, 0.05) is 31.9 Å². The van der Waals surface area contributed by atoms with Crippen LogP contribution in [0.4, 0.5) is 0 Å². The van der Waals surface area contributed by atoms with Crippen molar-refractivity contribution in [2.24, 2.45) is 11.8 Å². The fourth-order valence-corrected chi connectivity index (χ4v) is 3.49. The van der Waals surface area contributed by atoms with Gasteiger partial charge in [0.2, 0.25) is 0 Å². The molecule has 2 aromatic heterocycles. The third-order valence-corrected chi connectivity index (χ3v) is 4.19. The predicted molar refractivity (Wildman–Crippen MR) is 84.4 cm³/mol. The lowest BCUT2D eigenvalue weighted by Crippen LogP contribution is -2.38. The lowest BCUT2D eigenvalue weighted by Gasteiger charge is -2.34. The van der Waals surface area contributed by atoms with E-state index in [9.17, 15) is 4.79 Å². The van der Waals surface area contributed by atoms with Crippen molar-refractivity contribution in [1.29, 1.82) is 0 Å². The van der Waals surface area contributed by atoms with E-state index in [1.54, 1.807) is 10.5 Å². The second-order valence-electron chi connectivity index (χ2n) is 6.66. The summed E-state index contributed by atoms with van der Waals surface area (Å²) in [6.45, 7) is 9.55. The van der Waals surface area contributed by atoms with Crippen molar-refractivity contribution in [2.45, 2.75) is 33.7 Å². The summed E-state index contributed by atoms with van der Waals surface area (Å²) in [6, 6.07) is 5.59. The predicted octanol–water partition coefficient (Wildman–Crippen LogP) is 2.48. The molecule has 3 rings (SSSR count). The molecule has 0 bridgehead atoms. The molecule has 0 aliphatic carbocycles. The number of aryl methyl sites for hydroxylation is 1. The molecule has 112 valence electrons. The van der Waals surface area contributed by atoms with E-state index in [0.717, 1.165) is 48.4 Å². The maximum atomic E-state index is 12.2. The van der Waals surface area contributed by atoms with Crippen molar-refractivity contribution in [2.75, 3.05) is 13.1 Å². The van der Waals surface area contributed by atoms with Crippen LogP contribution in [0.2, 0.25) is 0 Å². The maximum absolute atomic E-state index is 12.2. The van der Waals surface area contributed by atoms with E-state index < -0.39 is 0 Å². The standard InChI is InChI=1S/C17H23N3O/c1-12-4-5-16-18-15(7-17(21)20(16)10-12)11-19-8-13(2)6-14(3)9-19/h4-5,7,10,13-14H,6,8-9,11H2,1-3H3/t13-,14-/m1/s1. The molecule has 0 radical (unpaired) electrons. The first kappa shape index (κ1) is 14.3. The molecule has 21 heavy (non-hydrogen) atoms. The fraction of sp³-hybridized carbons (Fsp3) is 0.529. The molecule has 0 unspecified atom stereocenters. The number of piperidine rings is 1. The highest BCUT2D eigenvalue weighted by atomic mass is 16.1. The van der Waals surface area contributed by atoms with E-state index in [1.165, 1.54) is 6.42 Å². The summed E-state index contributed by atoms with van der Waals surface area (Å²) < 4.78 is 1.63. The van der Waals surface area contributed by atoms with Gasteiger partial charge in [0.1, 0.15) is 5.65 Å². The minimum Gasteiger partial charge on any atom is -0.297 e. The van der Waals surface area contributed by atoms with Crippen molar-refractivity contribution in [3.8, 4) is 0 Å². The molecule has 0 saturated carbocycles. The third-order valence-electron chi connectivity index (χ3n) is 4.19. The van der Waals surface area contributed by atoms with Gasteiger partial charge in [-0.05, 0) is 36.8 Å². The van der Waals surface area contributed by atoms with Crippen LogP contribution in [0.25, 0.3) is 5.65 Å². The molecule has 0 N–H and O–H groups in total. The van der Waals surface area contributed by atoms with E-state index in [2.05, 4.69) is 23.7 Å². The van der Waals surface area contributed by atoms with E-state index in [-0.39, 0.29) is 5.56 Å². The SMILES string of the molecule is Cc1ccc2nc(CN3C[C@H](C)C[C@@H](C)C3)cc(=O)n2c1. The van der Waals surface area contributed by atoms with Crippen molar-refractivity contribution < 1.29 is 0 Å². The molecule has 1 fully saturated rings. The summed E-state index contributed by atoms with van der Waals surface area (Å²) >= 11 is 0. The number of hydrogen-bond acceptors (Lipinski definition) is 3. The zero-order valence-electron chi connectivity index (χ0n) is 13.0. The molecule has 2 atom stereocenters. The zero-order valence-corrected chi connectivity index (χ0v) is 13.0. The molecule has 2 aromatic rings. The molecular weight excluding hydrogens is 262 g/mol. The molecule has 4 heteroatoms. The number of fused-ring (bicyclic) bond motifs is 1. The minimum atomic E-state index is 0.0109. The largest absolute Gasteiger partial charge is 0.297 e. The monoisotopic (exact) mass is 285 g/mol. The van der Waals surface area contributed by atoms with Crippen LogP contribution in [0.3, 0.4) is 0 Å². The quantitative estimate of drug-likeness (QED) is 0.850. The number of pyridine rings is 1. The first-order valence-corrected chi connectivity index (χ1v) is 7.72. The summed E-state index contributed by atoms with van der Waals surface area (Å²) in [7, 11) is 0. The summed E-state index contributed by atoms with van der Waals surface area (Å²) in [6.07, 6.45) is 3.14. The summed E-state index contributed by atoms with van der Waals surface area (Å²) in [5, 5.41) is 0. The van der Waals surface area contributed by atoms with Gasteiger partial charge in [0.25, 0.3) is 5.56 Å². The number of nitrogens with zero attached hydrogens (tertiary/aromatic N) is 3. The van der Waals surface area contributed by atoms with Gasteiger partial charge in [-0.15, -0.1) is 0 Å². The zero-order chi connectivity index (χ0) is 15.0. The second kappa shape index (κ2) is 5.60. The Morgan fingerprint density at radius 3 is 2.67 bits per heavy atom. The normalized spacial score (nSPS) is 23.6. The maximum Gasteiger partial charge on any atom is 0.258 e. The van der Waals surface area contributed by atoms with Crippen molar-refractivity contribution in [3.63, 3.8) is 0 Å². The van der Waals surface area contributed by atoms with Gasteiger partial charge in [-0.3, -0.25) is 14.1 Å². The molecule has 0 amide bonds. The highest BCUT2D eigenvalue weighted by Gasteiger charge is 2.22. The Balaban J connectivity index is 1.87. The summed E-state index contributed by atoms with van der Waals surface area (Å²) in [5.41, 5.74) is 2.70. The Kier molecular flexibility index (Phi) is 3.81. The molecule has 0 aromatic carbocycles. The lowest BCUT2D eigenvalue weighted by molar-refractivity contribution is 0.133. The van der Waals surface area contributed by atoms with Gasteiger partial charge in [-0.2, -0.15) is 0 Å². The molecule has 0 spiro atoms. The van der Waals surface area contributed by atoms with Crippen LogP contribution < -0.4 is 5.56 Å². The highest BCUT2D eigenvalue weighted by Crippen LogP contribution is 2.22. The topological polar surface area (TPSA) is 37.6 Å².